The van der Waals surface area contributed by atoms with Gasteiger partial charge < -0.3 is 10.0 Å². The van der Waals surface area contributed by atoms with Crippen molar-refractivity contribution in [2.45, 2.75) is 90.9 Å². The highest BCUT2D eigenvalue weighted by Crippen LogP contribution is 2.44. The number of hydrogen-bond donors (Lipinski definition) is 2. The van der Waals surface area contributed by atoms with E-state index < -0.39 is 0 Å². The van der Waals surface area contributed by atoms with Crippen LogP contribution in [0, 0.1) is 10.8 Å². The molecule has 4 heteroatoms. The second kappa shape index (κ2) is 7.45. The third-order valence-corrected chi connectivity index (χ3v) is 6.75. The van der Waals surface area contributed by atoms with Gasteiger partial charge in [0.05, 0.1) is 12.4 Å². The first kappa shape index (κ1) is 21.9. The van der Waals surface area contributed by atoms with E-state index in [4.69, 9.17) is 5.41 Å². The van der Waals surface area contributed by atoms with Gasteiger partial charge in [0.15, 0.2) is 5.78 Å². The van der Waals surface area contributed by atoms with Crippen molar-refractivity contribution in [1.82, 2.24) is 4.90 Å². The summed E-state index contributed by atoms with van der Waals surface area (Å²) in [7, 11) is 0. The molecule has 1 aromatic rings. The quantitative estimate of drug-likeness (QED) is 0.632. The molecule has 160 valence electrons. The Kier molecular flexibility index (Phi) is 5.61. The molecule has 2 aliphatic rings. The molecule has 1 saturated heterocycles. The first-order valence-electron chi connectivity index (χ1n) is 11.1. The summed E-state index contributed by atoms with van der Waals surface area (Å²) < 4.78 is 0. The molecule has 1 aliphatic carbocycles. The lowest BCUT2D eigenvalue weighted by molar-refractivity contribution is 0.0949. The predicted octanol–water partition coefficient (Wildman–Crippen LogP) is 5.80. The molecule has 1 saturated carbocycles. The molecule has 3 rings (SSSR count). The maximum Gasteiger partial charge on any atom is 0.182 e. The number of ketones is 1. The fourth-order valence-electron chi connectivity index (χ4n) is 5.01. The molecule has 1 spiro atoms. The Morgan fingerprint density at radius 1 is 1.03 bits per heavy atom. The Labute approximate surface area is 176 Å². The van der Waals surface area contributed by atoms with Gasteiger partial charge in [0, 0.05) is 29.7 Å². The van der Waals surface area contributed by atoms with Gasteiger partial charge >= 0.3 is 0 Å². The Bertz CT molecular complexity index is 770. The van der Waals surface area contributed by atoms with Gasteiger partial charge in [0.1, 0.15) is 5.75 Å². The lowest BCUT2D eigenvalue weighted by atomic mass is 9.73. The van der Waals surface area contributed by atoms with Crippen molar-refractivity contribution in [3.05, 3.63) is 28.8 Å². The summed E-state index contributed by atoms with van der Waals surface area (Å²) >= 11 is 0. The van der Waals surface area contributed by atoms with E-state index >= 15 is 0 Å². The molecule has 2 N–H and O–H groups in total. The number of aromatic hydroxyl groups is 1. The number of nitrogens with one attached hydrogen (secondary N) is 1. The van der Waals surface area contributed by atoms with Crippen LogP contribution < -0.4 is 0 Å². The first-order chi connectivity index (χ1) is 13.3. The van der Waals surface area contributed by atoms with Gasteiger partial charge in [-0.05, 0) is 41.2 Å². The number of phenolic OH excluding ortho intramolecular Hbond substituents is 1. The van der Waals surface area contributed by atoms with E-state index in [9.17, 15) is 9.90 Å². The topological polar surface area (TPSA) is 64.4 Å². The summed E-state index contributed by atoms with van der Waals surface area (Å²) in [5, 5.41) is 19.4. The third kappa shape index (κ3) is 4.51. The molecule has 0 radical (unpaired) electrons. The molecule has 4 nitrogen and oxygen atoms in total. The maximum absolute atomic E-state index is 13.3. The van der Waals surface area contributed by atoms with Gasteiger partial charge in [-0.1, -0.05) is 60.8 Å². The van der Waals surface area contributed by atoms with Crippen molar-refractivity contribution in [2.24, 2.45) is 5.41 Å². The Hall–Kier alpha value is -1.84. The average molecular weight is 399 g/mol. The number of rotatable bonds is 3. The normalized spacial score (nSPS) is 19.8. The smallest absolute Gasteiger partial charge is 0.182 e. The van der Waals surface area contributed by atoms with Gasteiger partial charge in [-0.25, -0.2) is 0 Å². The number of nitrogens with zero attached hydrogens (tertiary/aromatic N) is 1. The largest absolute Gasteiger partial charge is 0.507 e. The minimum Gasteiger partial charge on any atom is -0.507 e. The Morgan fingerprint density at radius 2 is 1.55 bits per heavy atom. The van der Waals surface area contributed by atoms with Crippen molar-refractivity contribution in [2.75, 3.05) is 13.1 Å². The highest BCUT2D eigenvalue weighted by Gasteiger charge is 2.42. The number of hydrogen-bond acceptors (Lipinski definition) is 3. The van der Waals surface area contributed by atoms with E-state index in [1.165, 1.54) is 32.1 Å². The van der Waals surface area contributed by atoms with E-state index in [2.05, 4.69) is 41.5 Å². The molecule has 0 atom stereocenters. The standard InChI is InChI=1S/C25H38N2O2/c1-23(2,3)18-12-17(13-19(22(18)29)24(4,5)6)20(28)15-27-16-25(14-21(27)26)10-8-7-9-11-25/h12-13,26,29H,7-11,14-16H2,1-6H3. The number of amidine groups is 1. The van der Waals surface area contributed by atoms with Crippen LogP contribution in [0.15, 0.2) is 12.1 Å². The van der Waals surface area contributed by atoms with E-state index in [0.717, 1.165) is 24.1 Å². The number of benzene rings is 1. The molecule has 1 aromatic carbocycles. The fraction of sp³-hybridized carbons (Fsp3) is 0.680. The molecule has 1 aliphatic heterocycles. The summed E-state index contributed by atoms with van der Waals surface area (Å²) in [5.41, 5.74) is 1.98. The number of Topliss-reactive ketones (excluding diaryl/α,β-unsaturated/α-hetero) is 1. The van der Waals surface area contributed by atoms with Crippen LogP contribution in [0.4, 0.5) is 0 Å². The van der Waals surface area contributed by atoms with E-state index in [1.54, 1.807) is 0 Å². The van der Waals surface area contributed by atoms with Gasteiger partial charge in [-0.2, -0.15) is 0 Å². The highest BCUT2D eigenvalue weighted by atomic mass is 16.3. The lowest BCUT2D eigenvalue weighted by Crippen LogP contribution is -2.34. The maximum atomic E-state index is 13.3. The summed E-state index contributed by atoms with van der Waals surface area (Å²) in [6.45, 7) is 13.5. The molecule has 29 heavy (non-hydrogen) atoms. The van der Waals surface area contributed by atoms with Gasteiger partial charge in [0.25, 0.3) is 0 Å². The van der Waals surface area contributed by atoms with Crippen LogP contribution >= 0.6 is 0 Å². The van der Waals surface area contributed by atoms with Crippen LogP contribution in [0.3, 0.4) is 0 Å². The molecular weight excluding hydrogens is 360 g/mol. The highest BCUT2D eigenvalue weighted by molar-refractivity contribution is 6.00. The molecule has 0 amide bonds. The predicted molar refractivity (Wildman–Crippen MR) is 119 cm³/mol. The number of likely N-dealkylation sites (tertiary alicyclic amines) is 1. The second-order valence-electron chi connectivity index (χ2n) is 11.4. The van der Waals surface area contributed by atoms with E-state index in [1.807, 2.05) is 17.0 Å². The van der Waals surface area contributed by atoms with Crippen molar-refractivity contribution < 1.29 is 9.90 Å². The van der Waals surface area contributed by atoms with Crippen LogP contribution in [0.2, 0.25) is 0 Å². The van der Waals surface area contributed by atoms with Gasteiger partial charge in [0.2, 0.25) is 0 Å². The van der Waals surface area contributed by atoms with Crippen molar-refractivity contribution in [3.63, 3.8) is 0 Å². The molecule has 0 unspecified atom stereocenters. The average Bonchev–Trinajstić information content (AvgIpc) is 2.88. The van der Waals surface area contributed by atoms with Crippen LogP contribution in [-0.2, 0) is 10.8 Å². The fourth-order valence-corrected chi connectivity index (χ4v) is 5.01. The van der Waals surface area contributed by atoms with Gasteiger partial charge in [-0.15, -0.1) is 0 Å². The van der Waals surface area contributed by atoms with Crippen LogP contribution in [0.5, 0.6) is 5.75 Å². The molecule has 0 aromatic heterocycles. The number of carbonyl (C=O) groups excluding carboxylic acids is 1. The summed E-state index contributed by atoms with van der Waals surface area (Å²) in [4.78, 5) is 15.3. The number of phenols is 1. The number of carbonyl (C=O) groups is 1. The minimum absolute atomic E-state index is 0.0404. The second-order valence-corrected chi connectivity index (χ2v) is 11.4. The van der Waals surface area contributed by atoms with Crippen LogP contribution in [-0.4, -0.2) is 34.7 Å². The monoisotopic (exact) mass is 398 g/mol. The zero-order chi connectivity index (χ0) is 21.6. The zero-order valence-corrected chi connectivity index (χ0v) is 19.1. The Balaban J connectivity index is 1.88. The van der Waals surface area contributed by atoms with E-state index in [-0.39, 0.29) is 28.6 Å². The summed E-state index contributed by atoms with van der Waals surface area (Å²) in [6, 6.07) is 3.73. The van der Waals surface area contributed by atoms with Crippen molar-refractivity contribution >= 4 is 11.6 Å². The van der Waals surface area contributed by atoms with Crippen LogP contribution in [0.25, 0.3) is 0 Å². The van der Waals surface area contributed by atoms with E-state index in [0.29, 0.717) is 17.1 Å². The molecule has 0 bridgehead atoms. The van der Waals surface area contributed by atoms with Crippen molar-refractivity contribution in [1.29, 1.82) is 5.41 Å². The minimum atomic E-state index is -0.257. The Morgan fingerprint density at radius 3 is 2.03 bits per heavy atom. The van der Waals surface area contributed by atoms with Crippen molar-refractivity contribution in [3.8, 4) is 5.75 Å². The first-order valence-corrected chi connectivity index (χ1v) is 11.1. The lowest BCUT2D eigenvalue weighted by Gasteiger charge is -2.32. The summed E-state index contributed by atoms with van der Waals surface area (Å²) in [6.07, 6.45) is 6.97. The van der Waals surface area contributed by atoms with Gasteiger partial charge in [-0.3, -0.25) is 10.2 Å². The zero-order valence-electron chi connectivity index (χ0n) is 19.1. The summed E-state index contributed by atoms with van der Waals surface area (Å²) in [5.74, 6) is 0.960. The molecule has 2 fully saturated rings. The SMILES string of the molecule is CC(C)(C)c1cc(C(=O)CN2CC3(CCCCC3)CC2=N)cc(C(C)(C)C)c1O. The van der Waals surface area contributed by atoms with Crippen LogP contribution in [0.1, 0.15) is 102 Å². The molecule has 1 heterocycles. The molecular formula is C25H38N2O2. The third-order valence-electron chi connectivity index (χ3n) is 6.75.